The van der Waals surface area contributed by atoms with Crippen LogP contribution in [0.15, 0.2) is 30.3 Å². The Balaban J connectivity index is 1.82. The van der Waals surface area contributed by atoms with Gasteiger partial charge in [-0.05, 0) is 42.3 Å². The Kier molecular flexibility index (Phi) is 4.63. The Hall–Kier alpha value is -2.96. The zero-order chi connectivity index (χ0) is 19.0. The number of hydrogen-bond acceptors (Lipinski definition) is 3. The number of halogens is 2. The molecule has 136 valence electrons. The predicted octanol–water partition coefficient (Wildman–Crippen LogP) is 3.19. The monoisotopic (exact) mass is 359 g/mol. The molecule has 1 aliphatic rings. The summed E-state index contributed by atoms with van der Waals surface area (Å²) in [4.78, 5) is 27.0. The highest BCUT2D eigenvalue weighted by atomic mass is 19.1. The van der Waals surface area contributed by atoms with Crippen LogP contribution in [-0.4, -0.2) is 32.5 Å². The number of nitrogens with one attached hydrogen (secondary N) is 1. The molecule has 0 radical (unpaired) electrons. The van der Waals surface area contributed by atoms with Crippen LogP contribution in [0.3, 0.4) is 0 Å². The summed E-state index contributed by atoms with van der Waals surface area (Å²) in [6.07, 6.45) is 0.664. The molecule has 0 aromatic heterocycles. The van der Waals surface area contributed by atoms with Crippen LogP contribution >= 0.6 is 0 Å². The smallest absolute Gasteiger partial charge is 0.255 e. The summed E-state index contributed by atoms with van der Waals surface area (Å²) in [7, 11) is 3.07. The molecule has 0 spiro atoms. The van der Waals surface area contributed by atoms with Gasteiger partial charge >= 0.3 is 0 Å². The van der Waals surface area contributed by atoms with Crippen LogP contribution in [0.1, 0.15) is 22.8 Å². The van der Waals surface area contributed by atoms with Crippen molar-refractivity contribution in [2.45, 2.75) is 13.3 Å². The molecule has 1 heterocycles. The molecule has 1 aliphatic heterocycles. The first kappa shape index (κ1) is 17.8. The van der Waals surface area contributed by atoms with Crippen molar-refractivity contribution >= 4 is 28.9 Å². The maximum atomic E-state index is 14.0. The van der Waals surface area contributed by atoms with Gasteiger partial charge in [-0.3, -0.25) is 9.59 Å². The van der Waals surface area contributed by atoms with Gasteiger partial charge in [0.2, 0.25) is 5.91 Å². The van der Waals surface area contributed by atoms with Crippen LogP contribution in [0, 0.1) is 11.6 Å². The van der Waals surface area contributed by atoms with E-state index in [1.54, 1.807) is 23.1 Å². The number of anilines is 3. The molecule has 2 amide bonds. The minimum Gasteiger partial charge on any atom is -0.373 e. The normalized spacial score (nSPS) is 12.7. The molecule has 0 unspecified atom stereocenters. The van der Waals surface area contributed by atoms with Crippen LogP contribution in [0.2, 0.25) is 0 Å². The van der Waals surface area contributed by atoms with Crippen LogP contribution in [-0.2, 0) is 11.2 Å². The molecule has 0 atom stereocenters. The van der Waals surface area contributed by atoms with Crippen LogP contribution in [0.25, 0.3) is 0 Å². The fourth-order valence-electron chi connectivity index (χ4n) is 3.14. The number of nitrogens with zero attached hydrogens (tertiary/aromatic N) is 2. The van der Waals surface area contributed by atoms with Crippen LogP contribution < -0.4 is 15.1 Å². The SMILES string of the molecule is CC(=O)N1CCc2cc(C(=O)Nc3cc(F)c(N(C)C)c(F)c3)ccc21. The highest BCUT2D eigenvalue weighted by Gasteiger charge is 2.23. The van der Waals surface area contributed by atoms with Gasteiger partial charge in [-0.15, -0.1) is 0 Å². The molecule has 2 aromatic carbocycles. The second-order valence-electron chi connectivity index (χ2n) is 6.40. The summed E-state index contributed by atoms with van der Waals surface area (Å²) in [6.45, 7) is 2.08. The second kappa shape index (κ2) is 6.74. The lowest BCUT2D eigenvalue weighted by Crippen LogP contribution is -2.25. The molecule has 0 bridgehead atoms. The highest BCUT2D eigenvalue weighted by molar-refractivity contribution is 6.05. The average Bonchev–Trinajstić information content (AvgIpc) is 2.96. The van der Waals surface area contributed by atoms with E-state index in [-0.39, 0.29) is 17.3 Å². The Morgan fingerprint density at radius 1 is 1.12 bits per heavy atom. The number of hydrogen-bond donors (Lipinski definition) is 1. The maximum Gasteiger partial charge on any atom is 0.255 e. The fraction of sp³-hybridized carbons (Fsp3) is 0.263. The third-order valence-corrected chi connectivity index (χ3v) is 4.34. The van der Waals surface area contributed by atoms with Gasteiger partial charge in [-0.1, -0.05) is 0 Å². The number of benzene rings is 2. The Morgan fingerprint density at radius 3 is 2.35 bits per heavy atom. The molecule has 2 aromatic rings. The lowest BCUT2D eigenvalue weighted by atomic mass is 10.1. The van der Waals surface area contributed by atoms with Crippen molar-refractivity contribution in [3.63, 3.8) is 0 Å². The predicted molar refractivity (Wildman–Crippen MR) is 96.8 cm³/mol. The molecular weight excluding hydrogens is 340 g/mol. The number of fused-ring (bicyclic) bond motifs is 1. The van der Waals surface area contributed by atoms with Gasteiger partial charge in [0.15, 0.2) is 11.6 Å². The minimum atomic E-state index is -0.753. The second-order valence-corrected chi connectivity index (χ2v) is 6.40. The summed E-state index contributed by atoms with van der Waals surface area (Å²) in [6, 6.07) is 7.18. The van der Waals surface area contributed by atoms with Crippen LogP contribution in [0.4, 0.5) is 25.8 Å². The zero-order valence-electron chi connectivity index (χ0n) is 14.8. The van der Waals surface area contributed by atoms with E-state index in [4.69, 9.17) is 0 Å². The van der Waals surface area contributed by atoms with E-state index in [0.717, 1.165) is 23.4 Å². The van der Waals surface area contributed by atoms with Crippen molar-refractivity contribution in [1.29, 1.82) is 0 Å². The molecule has 26 heavy (non-hydrogen) atoms. The summed E-state index contributed by atoms with van der Waals surface area (Å²) in [5, 5.41) is 2.51. The van der Waals surface area contributed by atoms with Crippen molar-refractivity contribution in [3.05, 3.63) is 53.1 Å². The maximum absolute atomic E-state index is 14.0. The summed E-state index contributed by atoms with van der Waals surface area (Å²) in [5.41, 5.74) is 1.94. The summed E-state index contributed by atoms with van der Waals surface area (Å²) >= 11 is 0. The fourth-order valence-corrected chi connectivity index (χ4v) is 3.14. The molecule has 7 heteroatoms. The Labute approximate surface area is 150 Å². The van der Waals surface area contributed by atoms with E-state index in [9.17, 15) is 18.4 Å². The summed E-state index contributed by atoms with van der Waals surface area (Å²) in [5.74, 6) is -2.02. The molecule has 0 saturated carbocycles. The van der Waals surface area contributed by atoms with E-state index < -0.39 is 17.5 Å². The lowest BCUT2D eigenvalue weighted by Gasteiger charge is -2.16. The van der Waals surface area contributed by atoms with Crippen molar-refractivity contribution < 1.29 is 18.4 Å². The van der Waals surface area contributed by atoms with E-state index in [1.165, 1.54) is 25.9 Å². The third-order valence-electron chi connectivity index (χ3n) is 4.34. The van der Waals surface area contributed by atoms with Crippen molar-refractivity contribution in [2.75, 3.05) is 35.8 Å². The van der Waals surface area contributed by atoms with Gasteiger partial charge in [0.1, 0.15) is 5.69 Å². The van der Waals surface area contributed by atoms with E-state index in [2.05, 4.69) is 5.32 Å². The minimum absolute atomic E-state index is 0.0430. The Bertz CT molecular complexity index is 873. The summed E-state index contributed by atoms with van der Waals surface area (Å²) < 4.78 is 28.1. The van der Waals surface area contributed by atoms with Gasteiger partial charge in [-0.25, -0.2) is 8.78 Å². The van der Waals surface area contributed by atoms with E-state index >= 15 is 0 Å². The third kappa shape index (κ3) is 3.24. The van der Waals surface area contributed by atoms with Crippen LogP contribution in [0.5, 0.6) is 0 Å². The molecule has 0 fully saturated rings. The van der Waals surface area contributed by atoms with Gasteiger partial charge in [-0.2, -0.15) is 0 Å². The van der Waals surface area contributed by atoms with Crippen molar-refractivity contribution in [3.8, 4) is 0 Å². The molecule has 5 nitrogen and oxygen atoms in total. The van der Waals surface area contributed by atoms with Crippen molar-refractivity contribution in [2.24, 2.45) is 0 Å². The quantitative estimate of drug-likeness (QED) is 0.916. The lowest BCUT2D eigenvalue weighted by molar-refractivity contribution is -0.116. The van der Waals surface area contributed by atoms with E-state index in [0.29, 0.717) is 18.5 Å². The van der Waals surface area contributed by atoms with E-state index in [1.807, 2.05) is 0 Å². The van der Waals surface area contributed by atoms with Gasteiger partial charge in [0.25, 0.3) is 5.91 Å². The Morgan fingerprint density at radius 2 is 1.77 bits per heavy atom. The first-order valence-electron chi connectivity index (χ1n) is 8.16. The number of amides is 2. The van der Waals surface area contributed by atoms with Crippen molar-refractivity contribution in [1.82, 2.24) is 0 Å². The molecule has 0 saturated heterocycles. The molecule has 3 rings (SSSR count). The average molecular weight is 359 g/mol. The number of rotatable bonds is 3. The standard InChI is InChI=1S/C19H19F2N3O2/c1-11(25)24-7-6-12-8-13(4-5-17(12)24)19(26)22-14-9-15(20)18(23(2)3)16(21)10-14/h4-5,8-10H,6-7H2,1-3H3,(H,22,26). The number of carbonyl (C=O) groups excluding carboxylic acids is 2. The first-order valence-corrected chi connectivity index (χ1v) is 8.16. The zero-order valence-corrected chi connectivity index (χ0v) is 14.8. The largest absolute Gasteiger partial charge is 0.373 e. The number of carbonyl (C=O) groups is 2. The molecular formula is C19H19F2N3O2. The van der Waals surface area contributed by atoms with Gasteiger partial charge < -0.3 is 15.1 Å². The first-order chi connectivity index (χ1) is 12.3. The highest BCUT2D eigenvalue weighted by Crippen LogP contribution is 2.30. The topological polar surface area (TPSA) is 52.7 Å². The molecule has 1 N–H and O–H groups in total. The molecule has 0 aliphatic carbocycles. The van der Waals surface area contributed by atoms with Gasteiger partial charge in [0.05, 0.1) is 0 Å². The van der Waals surface area contributed by atoms with Gasteiger partial charge in [0, 0.05) is 44.5 Å².